The number of benzene rings is 1. The second-order valence-corrected chi connectivity index (χ2v) is 5.32. The summed E-state index contributed by atoms with van der Waals surface area (Å²) in [5, 5.41) is 4.00. The first-order valence-corrected chi connectivity index (χ1v) is 7.73. The van der Waals surface area contributed by atoms with Gasteiger partial charge in [0.05, 0.1) is 6.04 Å². The molecule has 0 saturated carbocycles. The van der Waals surface area contributed by atoms with E-state index in [1.165, 1.54) is 11.1 Å². The molecule has 1 atom stereocenters. The van der Waals surface area contributed by atoms with Gasteiger partial charge in [-0.1, -0.05) is 47.1 Å². The summed E-state index contributed by atoms with van der Waals surface area (Å²) in [7, 11) is 0. The molecular formula is C15H22BrNO. The molecule has 0 aliphatic carbocycles. The summed E-state index contributed by atoms with van der Waals surface area (Å²) in [5.41, 5.74) is 2.50. The standard InChI is InChI=1S/C15H22BrNO/c1-3-13-7-9-14(10-8-13)12(2)17-15(18)6-4-5-11-16/h7-10,12H,3-6,11H2,1-2H3,(H,17,18). The van der Waals surface area contributed by atoms with Crippen LogP contribution in [-0.2, 0) is 11.2 Å². The highest BCUT2D eigenvalue weighted by atomic mass is 79.9. The average Bonchev–Trinajstić information content (AvgIpc) is 2.39. The third kappa shape index (κ3) is 5.21. The van der Waals surface area contributed by atoms with E-state index in [2.05, 4.69) is 52.4 Å². The van der Waals surface area contributed by atoms with Crippen LogP contribution >= 0.6 is 15.9 Å². The summed E-state index contributed by atoms with van der Waals surface area (Å²) in [5.74, 6) is 0.142. The van der Waals surface area contributed by atoms with Crippen LogP contribution in [0.1, 0.15) is 50.3 Å². The van der Waals surface area contributed by atoms with Gasteiger partial charge in [-0.15, -0.1) is 0 Å². The molecule has 0 radical (unpaired) electrons. The molecule has 0 heterocycles. The predicted octanol–water partition coefficient (Wildman–Crippen LogP) is 3.99. The van der Waals surface area contributed by atoms with Crippen molar-refractivity contribution in [2.24, 2.45) is 0 Å². The molecule has 0 aliphatic heterocycles. The molecule has 0 saturated heterocycles. The van der Waals surface area contributed by atoms with Crippen molar-refractivity contribution in [2.75, 3.05) is 5.33 Å². The summed E-state index contributed by atoms with van der Waals surface area (Å²) >= 11 is 3.37. The quantitative estimate of drug-likeness (QED) is 0.598. The van der Waals surface area contributed by atoms with Crippen LogP contribution in [0.5, 0.6) is 0 Å². The number of hydrogen-bond donors (Lipinski definition) is 1. The van der Waals surface area contributed by atoms with Crippen LogP contribution in [-0.4, -0.2) is 11.2 Å². The number of nitrogens with one attached hydrogen (secondary N) is 1. The van der Waals surface area contributed by atoms with Crippen molar-refractivity contribution in [3.63, 3.8) is 0 Å². The number of amides is 1. The van der Waals surface area contributed by atoms with Crippen molar-refractivity contribution in [3.05, 3.63) is 35.4 Å². The minimum Gasteiger partial charge on any atom is -0.350 e. The maximum Gasteiger partial charge on any atom is 0.220 e. The number of hydrogen-bond acceptors (Lipinski definition) is 1. The zero-order chi connectivity index (χ0) is 13.4. The highest BCUT2D eigenvalue weighted by Gasteiger charge is 2.08. The molecule has 1 unspecified atom stereocenters. The Morgan fingerprint density at radius 2 is 1.94 bits per heavy atom. The number of unbranched alkanes of at least 4 members (excludes halogenated alkanes) is 1. The summed E-state index contributed by atoms with van der Waals surface area (Å²) in [6.07, 6.45) is 3.65. The highest BCUT2D eigenvalue weighted by molar-refractivity contribution is 9.09. The normalized spacial score (nSPS) is 12.2. The molecule has 0 spiro atoms. The maximum absolute atomic E-state index is 11.7. The van der Waals surface area contributed by atoms with Gasteiger partial charge in [0.15, 0.2) is 0 Å². The van der Waals surface area contributed by atoms with Gasteiger partial charge >= 0.3 is 0 Å². The topological polar surface area (TPSA) is 29.1 Å². The third-order valence-electron chi connectivity index (χ3n) is 3.05. The Kier molecular flexibility index (Phi) is 7.02. The summed E-state index contributed by atoms with van der Waals surface area (Å²) in [4.78, 5) is 11.7. The first kappa shape index (κ1) is 15.2. The van der Waals surface area contributed by atoms with Crippen molar-refractivity contribution >= 4 is 21.8 Å². The molecule has 1 N–H and O–H groups in total. The Morgan fingerprint density at radius 3 is 2.50 bits per heavy atom. The number of alkyl halides is 1. The lowest BCUT2D eigenvalue weighted by Crippen LogP contribution is -2.26. The Morgan fingerprint density at radius 1 is 1.28 bits per heavy atom. The Labute approximate surface area is 118 Å². The van der Waals surface area contributed by atoms with Crippen molar-refractivity contribution in [2.45, 2.75) is 45.6 Å². The zero-order valence-electron chi connectivity index (χ0n) is 11.2. The van der Waals surface area contributed by atoms with Crippen LogP contribution in [0.4, 0.5) is 0 Å². The van der Waals surface area contributed by atoms with Crippen molar-refractivity contribution < 1.29 is 4.79 Å². The molecule has 0 aromatic heterocycles. The molecule has 2 nitrogen and oxygen atoms in total. The monoisotopic (exact) mass is 311 g/mol. The molecule has 1 aromatic carbocycles. The number of aryl methyl sites for hydroxylation is 1. The molecule has 1 rings (SSSR count). The van der Waals surface area contributed by atoms with E-state index in [0.29, 0.717) is 6.42 Å². The SMILES string of the molecule is CCc1ccc(C(C)NC(=O)CCCCBr)cc1. The molecule has 100 valence electrons. The van der Waals surface area contributed by atoms with Crippen LogP contribution in [0, 0.1) is 0 Å². The second kappa shape index (κ2) is 8.30. The number of rotatable bonds is 7. The van der Waals surface area contributed by atoms with Crippen molar-refractivity contribution in [1.29, 1.82) is 0 Å². The van der Waals surface area contributed by atoms with E-state index < -0.39 is 0 Å². The highest BCUT2D eigenvalue weighted by Crippen LogP contribution is 2.14. The molecule has 0 bridgehead atoms. The molecule has 0 fully saturated rings. The number of halogens is 1. The van der Waals surface area contributed by atoms with Gasteiger partial charge in [0.25, 0.3) is 0 Å². The Bertz CT molecular complexity index is 361. The smallest absolute Gasteiger partial charge is 0.220 e. The molecular weight excluding hydrogens is 290 g/mol. The maximum atomic E-state index is 11.7. The van der Waals surface area contributed by atoms with Crippen LogP contribution < -0.4 is 5.32 Å². The van der Waals surface area contributed by atoms with Gasteiger partial charge in [-0.05, 0) is 37.3 Å². The average molecular weight is 312 g/mol. The predicted molar refractivity (Wildman–Crippen MR) is 80.0 cm³/mol. The van der Waals surface area contributed by atoms with Gasteiger partial charge in [-0.25, -0.2) is 0 Å². The Hall–Kier alpha value is -0.830. The lowest BCUT2D eigenvalue weighted by molar-refractivity contribution is -0.121. The van der Waals surface area contributed by atoms with Gasteiger partial charge < -0.3 is 5.32 Å². The number of carbonyl (C=O) groups excluding carboxylic acids is 1. The lowest BCUT2D eigenvalue weighted by atomic mass is 10.0. The van der Waals surface area contributed by atoms with Gasteiger partial charge in [0, 0.05) is 11.8 Å². The van der Waals surface area contributed by atoms with E-state index in [1.807, 2.05) is 6.92 Å². The first-order chi connectivity index (χ1) is 8.67. The summed E-state index contributed by atoms with van der Waals surface area (Å²) in [6, 6.07) is 8.54. The van der Waals surface area contributed by atoms with E-state index in [9.17, 15) is 4.79 Å². The molecule has 1 amide bonds. The van der Waals surface area contributed by atoms with Crippen molar-refractivity contribution in [3.8, 4) is 0 Å². The third-order valence-corrected chi connectivity index (χ3v) is 3.61. The first-order valence-electron chi connectivity index (χ1n) is 6.61. The van der Waals surface area contributed by atoms with E-state index in [4.69, 9.17) is 0 Å². The van der Waals surface area contributed by atoms with Crippen LogP contribution in [0.15, 0.2) is 24.3 Å². The van der Waals surface area contributed by atoms with Crippen LogP contribution in [0.3, 0.4) is 0 Å². The minimum atomic E-state index is 0.0902. The minimum absolute atomic E-state index is 0.0902. The summed E-state index contributed by atoms with van der Waals surface area (Å²) < 4.78 is 0. The largest absolute Gasteiger partial charge is 0.350 e. The van der Waals surface area contributed by atoms with Gasteiger partial charge in [-0.3, -0.25) is 4.79 Å². The number of carbonyl (C=O) groups is 1. The lowest BCUT2D eigenvalue weighted by Gasteiger charge is -2.14. The van der Waals surface area contributed by atoms with E-state index in [-0.39, 0.29) is 11.9 Å². The zero-order valence-corrected chi connectivity index (χ0v) is 12.8. The van der Waals surface area contributed by atoms with Crippen molar-refractivity contribution in [1.82, 2.24) is 5.32 Å². The fourth-order valence-electron chi connectivity index (χ4n) is 1.82. The van der Waals surface area contributed by atoms with Gasteiger partial charge in [0.2, 0.25) is 5.91 Å². The fraction of sp³-hybridized carbons (Fsp3) is 0.533. The van der Waals surface area contributed by atoms with Gasteiger partial charge in [0.1, 0.15) is 0 Å². The molecule has 3 heteroatoms. The van der Waals surface area contributed by atoms with E-state index in [1.54, 1.807) is 0 Å². The second-order valence-electron chi connectivity index (χ2n) is 4.53. The molecule has 18 heavy (non-hydrogen) atoms. The Balaban J connectivity index is 2.43. The molecule has 1 aromatic rings. The van der Waals surface area contributed by atoms with Gasteiger partial charge in [-0.2, -0.15) is 0 Å². The fourth-order valence-corrected chi connectivity index (χ4v) is 2.22. The van der Waals surface area contributed by atoms with E-state index >= 15 is 0 Å². The van der Waals surface area contributed by atoms with Crippen LogP contribution in [0.2, 0.25) is 0 Å². The summed E-state index contributed by atoms with van der Waals surface area (Å²) in [6.45, 7) is 4.17. The van der Waals surface area contributed by atoms with Crippen LogP contribution in [0.25, 0.3) is 0 Å². The van der Waals surface area contributed by atoms with E-state index in [0.717, 1.165) is 24.6 Å². The molecule has 0 aliphatic rings.